The van der Waals surface area contributed by atoms with Crippen LogP contribution in [0.25, 0.3) is 0 Å². The molecule has 0 aromatic carbocycles. The fourth-order valence-electron chi connectivity index (χ4n) is 3.43. The molecule has 1 fully saturated rings. The molecule has 32 heavy (non-hydrogen) atoms. The third kappa shape index (κ3) is 7.45. The van der Waals surface area contributed by atoms with Crippen molar-refractivity contribution in [3.05, 3.63) is 0 Å². The number of aliphatic hydroxyl groups is 1. The number of amides is 3. The predicted molar refractivity (Wildman–Crippen MR) is 112 cm³/mol. The van der Waals surface area contributed by atoms with Gasteiger partial charge in [-0.25, -0.2) is 4.79 Å². The molecule has 7 N–H and O–H groups in total. The molecule has 0 aromatic rings. The Bertz CT molecular complexity index is 714. The Labute approximate surface area is 186 Å². The van der Waals surface area contributed by atoms with Crippen molar-refractivity contribution < 1.29 is 39.3 Å². The quantitative estimate of drug-likeness (QED) is 0.204. The summed E-state index contributed by atoms with van der Waals surface area (Å²) in [7, 11) is 0. The molecule has 0 aliphatic carbocycles. The van der Waals surface area contributed by atoms with E-state index in [0.717, 1.165) is 0 Å². The maximum absolute atomic E-state index is 13.1. The molecule has 1 aliphatic heterocycles. The Hall–Kier alpha value is -2.73. The van der Waals surface area contributed by atoms with Crippen molar-refractivity contribution in [1.82, 2.24) is 15.5 Å². The monoisotopic (exact) mass is 458 g/mol. The normalized spacial score (nSPS) is 20.5. The lowest BCUT2D eigenvalue weighted by Crippen LogP contribution is -2.59. The van der Waals surface area contributed by atoms with E-state index in [4.69, 9.17) is 10.8 Å². The molecule has 12 heteroatoms. The van der Waals surface area contributed by atoms with E-state index in [1.807, 2.05) is 0 Å². The first kappa shape index (κ1) is 27.3. The van der Waals surface area contributed by atoms with Crippen LogP contribution in [0.4, 0.5) is 0 Å². The molecule has 1 heterocycles. The van der Waals surface area contributed by atoms with Crippen LogP contribution in [-0.4, -0.2) is 86.7 Å². The van der Waals surface area contributed by atoms with E-state index in [9.17, 15) is 34.2 Å². The van der Waals surface area contributed by atoms with Crippen molar-refractivity contribution in [3.63, 3.8) is 0 Å². The molecule has 0 radical (unpaired) electrons. The van der Waals surface area contributed by atoms with E-state index in [1.165, 1.54) is 11.8 Å². The summed E-state index contributed by atoms with van der Waals surface area (Å²) >= 11 is 0. The molecule has 0 bridgehead atoms. The summed E-state index contributed by atoms with van der Waals surface area (Å²) in [6.07, 6.45) is -0.549. The minimum Gasteiger partial charge on any atom is -0.481 e. The number of rotatable bonds is 12. The number of hydrogen-bond acceptors (Lipinski definition) is 7. The van der Waals surface area contributed by atoms with Crippen molar-refractivity contribution in [2.24, 2.45) is 11.7 Å². The molecule has 182 valence electrons. The molecule has 0 aromatic heterocycles. The number of nitrogens with zero attached hydrogens (tertiary/aromatic N) is 1. The summed E-state index contributed by atoms with van der Waals surface area (Å²) in [4.78, 5) is 62.0. The van der Waals surface area contributed by atoms with E-state index < -0.39 is 66.4 Å². The van der Waals surface area contributed by atoms with Crippen LogP contribution in [0.5, 0.6) is 0 Å². The van der Waals surface area contributed by atoms with Gasteiger partial charge in [0.05, 0.1) is 6.10 Å². The van der Waals surface area contributed by atoms with Crippen LogP contribution >= 0.6 is 0 Å². The minimum absolute atomic E-state index is 0.251. The molecule has 6 unspecified atom stereocenters. The van der Waals surface area contributed by atoms with Gasteiger partial charge in [-0.05, 0) is 32.1 Å². The molecule has 0 spiro atoms. The molecule has 6 atom stereocenters. The molecule has 1 aliphatic rings. The summed E-state index contributed by atoms with van der Waals surface area (Å²) in [5, 5.41) is 32.7. The zero-order valence-corrected chi connectivity index (χ0v) is 18.6. The number of nitrogens with one attached hydrogen (secondary N) is 2. The first-order valence-corrected chi connectivity index (χ1v) is 10.7. The number of carboxylic acids is 2. The highest BCUT2D eigenvalue weighted by atomic mass is 16.4. The summed E-state index contributed by atoms with van der Waals surface area (Å²) in [5.41, 5.74) is 5.58. The highest BCUT2D eigenvalue weighted by Crippen LogP contribution is 2.21. The Kier molecular flexibility index (Phi) is 10.5. The number of carbonyl (C=O) groups excluding carboxylic acids is 3. The molecule has 0 saturated carbocycles. The lowest BCUT2D eigenvalue weighted by molar-refractivity contribution is -0.150. The smallest absolute Gasteiger partial charge is 0.326 e. The van der Waals surface area contributed by atoms with Gasteiger partial charge in [-0.15, -0.1) is 0 Å². The predicted octanol–water partition coefficient (Wildman–Crippen LogP) is -1.35. The SMILES string of the molecule is CCC(C)C(NC(=O)C(CCC(=O)O)NC(=O)C(N)C(C)O)C(=O)N1CCCC1C(=O)O. The van der Waals surface area contributed by atoms with Crippen molar-refractivity contribution in [2.75, 3.05) is 6.54 Å². The molecule has 12 nitrogen and oxygen atoms in total. The van der Waals surface area contributed by atoms with Crippen LogP contribution in [0, 0.1) is 5.92 Å². The standard InChI is InChI=1S/C20H34N4O8/c1-4-10(2)16(19(30)24-9-5-6-13(24)20(31)32)23-17(28)12(7-8-14(26)27)22-18(29)15(21)11(3)25/h10-13,15-16,25H,4-9,21H2,1-3H3,(H,22,29)(H,23,28)(H,26,27)(H,31,32). The van der Waals surface area contributed by atoms with Gasteiger partial charge >= 0.3 is 11.9 Å². The van der Waals surface area contributed by atoms with Gasteiger partial charge < -0.3 is 36.6 Å². The third-order valence-electron chi connectivity index (χ3n) is 5.70. The minimum atomic E-state index is -1.33. The zero-order valence-electron chi connectivity index (χ0n) is 18.6. The van der Waals surface area contributed by atoms with Crippen LogP contribution in [-0.2, 0) is 24.0 Å². The van der Waals surface area contributed by atoms with Crippen molar-refractivity contribution in [1.29, 1.82) is 0 Å². The summed E-state index contributed by atoms with van der Waals surface area (Å²) < 4.78 is 0. The lowest BCUT2D eigenvalue weighted by Gasteiger charge is -2.31. The third-order valence-corrected chi connectivity index (χ3v) is 5.70. The van der Waals surface area contributed by atoms with Gasteiger partial charge in [0.2, 0.25) is 17.7 Å². The van der Waals surface area contributed by atoms with Crippen molar-refractivity contribution in [3.8, 4) is 0 Å². The van der Waals surface area contributed by atoms with Crippen LogP contribution in [0.2, 0.25) is 0 Å². The Morgan fingerprint density at radius 2 is 1.72 bits per heavy atom. The van der Waals surface area contributed by atoms with Crippen molar-refractivity contribution >= 4 is 29.7 Å². The molecule has 1 saturated heterocycles. The maximum Gasteiger partial charge on any atom is 0.326 e. The Balaban J connectivity index is 3.06. The Morgan fingerprint density at radius 3 is 2.22 bits per heavy atom. The summed E-state index contributed by atoms with van der Waals surface area (Å²) in [5.74, 6) is -4.83. The van der Waals surface area contributed by atoms with Crippen LogP contribution in [0.3, 0.4) is 0 Å². The van der Waals surface area contributed by atoms with Gasteiger partial charge in [0.15, 0.2) is 0 Å². The molecule has 1 rings (SSSR count). The fourth-order valence-corrected chi connectivity index (χ4v) is 3.43. The second-order valence-corrected chi connectivity index (χ2v) is 8.16. The summed E-state index contributed by atoms with van der Waals surface area (Å²) in [6, 6.07) is -4.67. The van der Waals surface area contributed by atoms with Crippen molar-refractivity contribution in [2.45, 2.75) is 83.1 Å². The first-order chi connectivity index (χ1) is 14.9. The van der Waals surface area contributed by atoms with Gasteiger partial charge in [-0.1, -0.05) is 20.3 Å². The summed E-state index contributed by atoms with van der Waals surface area (Å²) in [6.45, 7) is 5.08. The number of aliphatic hydroxyl groups excluding tert-OH is 1. The Morgan fingerprint density at radius 1 is 1.09 bits per heavy atom. The van der Waals surface area contributed by atoms with E-state index in [-0.39, 0.29) is 18.9 Å². The van der Waals surface area contributed by atoms with Crippen LogP contribution < -0.4 is 16.4 Å². The van der Waals surface area contributed by atoms with Crippen LogP contribution in [0.15, 0.2) is 0 Å². The maximum atomic E-state index is 13.1. The second-order valence-electron chi connectivity index (χ2n) is 8.16. The molecule has 3 amide bonds. The van der Waals surface area contributed by atoms with Gasteiger partial charge in [0.25, 0.3) is 0 Å². The molecular formula is C20H34N4O8. The van der Waals surface area contributed by atoms with E-state index in [2.05, 4.69) is 10.6 Å². The number of nitrogens with two attached hydrogens (primary N) is 1. The number of carbonyl (C=O) groups is 5. The number of aliphatic carboxylic acids is 2. The van der Waals surface area contributed by atoms with Crippen LogP contribution in [0.1, 0.15) is 52.9 Å². The van der Waals surface area contributed by atoms with E-state index >= 15 is 0 Å². The van der Waals surface area contributed by atoms with Gasteiger partial charge in [-0.3, -0.25) is 19.2 Å². The zero-order chi connectivity index (χ0) is 24.6. The molecular weight excluding hydrogens is 424 g/mol. The van der Waals surface area contributed by atoms with Gasteiger partial charge in [0.1, 0.15) is 24.2 Å². The number of carboxylic acid groups (broad SMARTS) is 2. The first-order valence-electron chi connectivity index (χ1n) is 10.7. The largest absolute Gasteiger partial charge is 0.481 e. The highest BCUT2D eigenvalue weighted by molar-refractivity contribution is 5.94. The number of hydrogen-bond donors (Lipinski definition) is 6. The number of likely N-dealkylation sites (tertiary alicyclic amines) is 1. The average Bonchev–Trinajstić information content (AvgIpc) is 3.23. The fraction of sp³-hybridized carbons (Fsp3) is 0.750. The topological polar surface area (TPSA) is 199 Å². The van der Waals surface area contributed by atoms with Gasteiger partial charge in [0, 0.05) is 13.0 Å². The van der Waals surface area contributed by atoms with E-state index in [1.54, 1.807) is 13.8 Å². The average molecular weight is 459 g/mol. The lowest BCUT2D eigenvalue weighted by atomic mass is 9.96. The highest BCUT2D eigenvalue weighted by Gasteiger charge is 2.40. The second kappa shape index (κ2) is 12.3. The van der Waals surface area contributed by atoms with Gasteiger partial charge in [-0.2, -0.15) is 0 Å². The van der Waals surface area contributed by atoms with E-state index in [0.29, 0.717) is 19.3 Å².